The van der Waals surface area contributed by atoms with Gasteiger partial charge in [-0.3, -0.25) is 9.59 Å². The molecule has 0 saturated carbocycles. The van der Waals surface area contributed by atoms with E-state index in [2.05, 4.69) is 5.32 Å². The molecule has 5 nitrogen and oxygen atoms in total. The lowest BCUT2D eigenvalue weighted by atomic mass is 9.86. The number of hydrogen-bond donors (Lipinski definition) is 2. The van der Waals surface area contributed by atoms with Gasteiger partial charge >= 0.3 is 0 Å². The third kappa shape index (κ3) is 4.70. The molecule has 1 aromatic heterocycles. The molecule has 31 heavy (non-hydrogen) atoms. The SMILES string of the molecule is Cc1ccc(N2C(=O)CCC(C(=O)NCC(O)c3ccccc3)C2c2cccs2)cc1. The molecule has 0 aliphatic carbocycles. The monoisotopic (exact) mass is 434 g/mol. The number of nitrogens with zero attached hydrogens (tertiary/aromatic N) is 1. The Labute approximate surface area is 186 Å². The van der Waals surface area contributed by atoms with Crippen molar-refractivity contribution < 1.29 is 14.7 Å². The molecule has 1 aliphatic rings. The predicted molar refractivity (Wildman–Crippen MR) is 123 cm³/mol. The number of aliphatic hydroxyl groups excluding tert-OH is 1. The molecule has 1 aliphatic heterocycles. The van der Waals surface area contributed by atoms with Crippen molar-refractivity contribution in [2.45, 2.75) is 31.9 Å². The molecule has 1 saturated heterocycles. The van der Waals surface area contributed by atoms with Gasteiger partial charge < -0.3 is 15.3 Å². The average Bonchev–Trinajstić information content (AvgIpc) is 3.33. The Morgan fingerprint density at radius 1 is 1.13 bits per heavy atom. The summed E-state index contributed by atoms with van der Waals surface area (Å²) in [5, 5.41) is 15.3. The topological polar surface area (TPSA) is 69.6 Å². The van der Waals surface area contributed by atoms with Crippen molar-refractivity contribution >= 4 is 28.8 Å². The summed E-state index contributed by atoms with van der Waals surface area (Å²) < 4.78 is 0. The van der Waals surface area contributed by atoms with Gasteiger partial charge in [0.1, 0.15) is 0 Å². The third-order valence-corrected chi connectivity index (χ3v) is 6.68. The number of amides is 2. The van der Waals surface area contributed by atoms with Crippen molar-refractivity contribution in [2.24, 2.45) is 5.92 Å². The number of thiophene rings is 1. The normalized spacial score (nSPS) is 19.8. The highest BCUT2D eigenvalue weighted by atomic mass is 32.1. The molecule has 2 heterocycles. The Hall–Kier alpha value is -2.96. The fourth-order valence-corrected chi connectivity index (χ4v) is 4.96. The first-order valence-corrected chi connectivity index (χ1v) is 11.4. The van der Waals surface area contributed by atoms with E-state index in [4.69, 9.17) is 0 Å². The molecule has 0 spiro atoms. The molecule has 160 valence electrons. The van der Waals surface area contributed by atoms with Gasteiger partial charge in [-0.1, -0.05) is 54.1 Å². The van der Waals surface area contributed by atoms with E-state index in [0.29, 0.717) is 12.8 Å². The number of anilines is 1. The van der Waals surface area contributed by atoms with E-state index >= 15 is 0 Å². The van der Waals surface area contributed by atoms with Gasteiger partial charge in [0.15, 0.2) is 0 Å². The molecule has 3 unspecified atom stereocenters. The molecule has 1 fully saturated rings. The van der Waals surface area contributed by atoms with E-state index in [9.17, 15) is 14.7 Å². The van der Waals surface area contributed by atoms with Crippen LogP contribution in [-0.4, -0.2) is 23.5 Å². The number of rotatable bonds is 6. The zero-order valence-electron chi connectivity index (χ0n) is 17.4. The van der Waals surface area contributed by atoms with E-state index in [-0.39, 0.29) is 30.3 Å². The first-order chi connectivity index (χ1) is 15.0. The Bertz CT molecular complexity index is 1020. The molecule has 3 aromatic rings. The van der Waals surface area contributed by atoms with Crippen LogP contribution in [0.15, 0.2) is 72.1 Å². The standard InChI is InChI=1S/C25H26N2O3S/c1-17-9-11-19(12-10-17)27-23(29)14-13-20(24(27)22-8-5-15-31-22)25(30)26-16-21(28)18-6-3-2-4-7-18/h2-12,15,20-21,24,28H,13-14,16H2,1H3,(H,26,30). The number of carbonyl (C=O) groups is 2. The summed E-state index contributed by atoms with van der Waals surface area (Å²) in [6.45, 7) is 2.14. The van der Waals surface area contributed by atoms with Gasteiger partial charge in [0.2, 0.25) is 11.8 Å². The summed E-state index contributed by atoms with van der Waals surface area (Å²) in [6, 6.07) is 20.7. The number of nitrogens with one attached hydrogen (secondary N) is 1. The summed E-state index contributed by atoms with van der Waals surface area (Å²) in [6.07, 6.45) is 0.0234. The molecule has 0 bridgehead atoms. The van der Waals surface area contributed by atoms with Crippen LogP contribution in [0.4, 0.5) is 5.69 Å². The highest BCUT2D eigenvalue weighted by Crippen LogP contribution is 2.41. The lowest BCUT2D eigenvalue weighted by molar-refractivity contribution is -0.129. The minimum atomic E-state index is -0.774. The second-order valence-corrected chi connectivity index (χ2v) is 8.86. The Balaban J connectivity index is 1.57. The van der Waals surface area contributed by atoms with Crippen LogP contribution >= 0.6 is 11.3 Å². The van der Waals surface area contributed by atoms with Crippen molar-refractivity contribution in [2.75, 3.05) is 11.4 Å². The van der Waals surface area contributed by atoms with Crippen molar-refractivity contribution in [3.8, 4) is 0 Å². The van der Waals surface area contributed by atoms with Gasteiger partial charge in [-0.15, -0.1) is 11.3 Å². The Morgan fingerprint density at radius 2 is 1.87 bits per heavy atom. The van der Waals surface area contributed by atoms with Crippen molar-refractivity contribution in [3.05, 3.63) is 88.1 Å². The molecule has 6 heteroatoms. The first kappa shape index (κ1) is 21.3. The lowest BCUT2D eigenvalue weighted by Crippen LogP contribution is -2.48. The first-order valence-electron chi connectivity index (χ1n) is 10.5. The van der Waals surface area contributed by atoms with E-state index in [1.54, 1.807) is 16.2 Å². The zero-order valence-corrected chi connectivity index (χ0v) is 18.2. The predicted octanol–water partition coefficient (Wildman–Crippen LogP) is 4.39. The Kier molecular flexibility index (Phi) is 6.49. The maximum atomic E-state index is 13.2. The summed E-state index contributed by atoms with van der Waals surface area (Å²) in [4.78, 5) is 28.9. The van der Waals surface area contributed by atoms with Gasteiger partial charge in [-0.2, -0.15) is 0 Å². The van der Waals surface area contributed by atoms with Gasteiger partial charge in [0.05, 0.1) is 18.1 Å². The van der Waals surface area contributed by atoms with E-state index < -0.39 is 6.10 Å². The van der Waals surface area contributed by atoms with Crippen LogP contribution in [0.2, 0.25) is 0 Å². The Morgan fingerprint density at radius 3 is 2.55 bits per heavy atom. The van der Waals surface area contributed by atoms with Crippen LogP contribution in [0.3, 0.4) is 0 Å². The van der Waals surface area contributed by atoms with Crippen LogP contribution in [0.5, 0.6) is 0 Å². The number of hydrogen-bond acceptors (Lipinski definition) is 4. The highest BCUT2D eigenvalue weighted by Gasteiger charge is 2.42. The number of aliphatic hydroxyl groups is 1. The minimum absolute atomic E-state index is 0.0237. The molecule has 2 amide bonds. The molecule has 0 radical (unpaired) electrons. The number of piperidine rings is 1. The minimum Gasteiger partial charge on any atom is -0.387 e. The summed E-state index contributed by atoms with van der Waals surface area (Å²) in [5.41, 5.74) is 2.68. The molecular formula is C25H26N2O3S. The maximum Gasteiger partial charge on any atom is 0.227 e. The van der Waals surface area contributed by atoms with Crippen LogP contribution in [-0.2, 0) is 9.59 Å². The van der Waals surface area contributed by atoms with Gasteiger partial charge in [-0.05, 0) is 42.5 Å². The van der Waals surface area contributed by atoms with Crippen molar-refractivity contribution in [1.29, 1.82) is 0 Å². The van der Waals surface area contributed by atoms with Gasteiger partial charge in [0.25, 0.3) is 0 Å². The van der Waals surface area contributed by atoms with E-state index in [0.717, 1.165) is 21.7 Å². The second kappa shape index (κ2) is 9.45. The number of benzene rings is 2. The molecule has 4 rings (SSSR count). The average molecular weight is 435 g/mol. The zero-order chi connectivity index (χ0) is 21.8. The second-order valence-electron chi connectivity index (χ2n) is 7.88. The van der Waals surface area contributed by atoms with Crippen LogP contribution < -0.4 is 10.2 Å². The van der Waals surface area contributed by atoms with Gasteiger partial charge in [-0.25, -0.2) is 0 Å². The number of carbonyl (C=O) groups excluding carboxylic acids is 2. The lowest BCUT2D eigenvalue weighted by Gasteiger charge is -2.40. The molecule has 3 atom stereocenters. The summed E-state index contributed by atoms with van der Waals surface area (Å²) >= 11 is 1.55. The summed E-state index contributed by atoms with van der Waals surface area (Å²) in [7, 11) is 0. The molecule has 2 aromatic carbocycles. The smallest absolute Gasteiger partial charge is 0.227 e. The van der Waals surface area contributed by atoms with Crippen molar-refractivity contribution in [3.63, 3.8) is 0 Å². The molecular weight excluding hydrogens is 408 g/mol. The molecule has 2 N–H and O–H groups in total. The number of aryl methyl sites for hydroxylation is 1. The quantitative estimate of drug-likeness (QED) is 0.605. The van der Waals surface area contributed by atoms with Crippen LogP contribution in [0, 0.1) is 12.8 Å². The van der Waals surface area contributed by atoms with Crippen LogP contribution in [0.1, 0.15) is 41.0 Å². The summed E-state index contributed by atoms with van der Waals surface area (Å²) in [5.74, 6) is -0.505. The van der Waals surface area contributed by atoms with Crippen LogP contribution in [0.25, 0.3) is 0 Å². The fraction of sp³-hybridized carbons (Fsp3) is 0.280. The van der Waals surface area contributed by atoms with Crippen molar-refractivity contribution in [1.82, 2.24) is 5.32 Å². The third-order valence-electron chi connectivity index (χ3n) is 5.73. The largest absolute Gasteiger partial charge is 0.387 e. The van der Waals surface area contributed by atoms with E-state index in [1.165, 1.54) is 0 Å². The van der Waals surface area contributed by atoms with Gasteiger partial charge in [0, 0.05) is 23.5 Å². The fourth-order valence-electron chi connectivity index (χ4n) is 4.08. The van der Waals surface area contributed by atoms with E-state index in [1.807, 2.05) is 79.0 Å². The highest BCUT2D eigenvalue weighted by molar-refractivity contribution is 7.10. The maximum absolute atomic E-state index is 13.2.